The van der Waals surface area contributed by atoms with Crippen molar-refractivity contribution in [3.63, 3.8) is 0 Å². The Kier molecular flexibility index (Phi) is 2.91. The van der Waals surface area contributed by atoms with Crippen LogP contribution in [0.4, 0.5) is 0 Å². The fourth-order valence-corrected chi connectivity index (χ4v) is 1.73. The predicted molar refractivity (Wildman–Crippen MR) is 41.8 cm³/mol. The Labute approximate surface area is 62.8 Å². The monoisotopic (exact) mass is 140 g/mol. The minimum Gasteiger partial charge on any atom is -0.303 e. The molecule has 0 aromatic heterocycles. The molecule has 10 heavy (non-hydrogen) atoms. The summed E-state index contributed by atoms with van der Waals surface area (Å²) in [6.07, 6.45) is 7.27. The van der Waals surface area contributed by atoms with Gasteiger partial charge < -0.3 is 4.79 Å². The predicted octanol–water partition coefficient (Wildman–Crippen LogP) is 2.40. The molecule has 1 saturated carbocycles. The van der Waals surface area contributed by atoms with E-state index in [1.807, 2.05) is 0 Å². The molecule has 0 saturated heterocycles. The first-order valence-electron chi connectivity index (χ1n) is 4.32. The van der Waals surface area contributed by atoms with Crippen LogP contribution in [-0.4, -0.2) is 6.29 Å². The Balaban J connectivity index is 2.23. The average molecular weight is 140 g/mol. The second kappa shape index (κ2) is 3.75. The van der Waals surface area contributed by atoms with Gasteiger partial charge in [-0.2, -0.15) is 0 Å². The highest BCUT2D eigenvalue weighted by molar-refractivity contribution is 5.53. The van der Waals surface area contributed by atoms with Gasteiger partial charge in [0, 0.05) is 5.92 Å². The standard InChI is InChI=1S/C9H16O/c1-2-8-3-5-9(7-10)6-4-8/h7-9H,2-6H2,1H3/t8-,9+. The second-order valence-electron chi connectivity index (χ2n) is 3.33. The number of rotatable bonds is 2. The fourth-order valence-electron chi connectivity index (χ4n) is 1.73. The van der Waals surface area contributed by atoms with E-state index in [0.717, 1.165) is 25.0 Å². The Bertz CT molecular complexity index is 101. The molecule has 0 spiro atoms. The van der Waals surface area contributed by atoms with Gasteiger partial charge in [-0.1, -0.05) is 13.3 Å². The van der Waals surface area contributed by atoms with Crippen LogP contribution in [-0.2, 0) is 4.79 Å². The van der Waals surface area contributed by atoms with Crippen molar-refractivity contribution in [3.8, 4) is 0 Å². The van der Waals surface area contributed by atoms with Gasteiger partial charge in [0.2, 0.25) is 0 Å². The van der Waals surface area contributed by atoms with Crippen molar-refractivity contribution in [2.75, 3.05) is 0 Å². The maximum Gasteiger partial charge on any atom is 0.123 e. The average Bonchev–Trinajstić information content (AvgIpc) is 2.05. The van der Waals surface area contributed by atoms with E-state index in [1.54, 1.807) is 0 Å². The summed E-state index contributed by atoms with van der Waals surface area (Å²) >= 11 is 0. The first-order valence-corrected chi connectivity index (χ1v) is 4.32. The summed E-state index contributed by atoms with van der Waals surface area (Å²) in [6.45, 7) is 2.24. The van der Waals surface area contributed by atoms with Crippen LogP contribution < -0.4 is 0 Å². The number of carbonyl (C=O) groups excluding carboxylic acids is 1. The van der Waals surface area contributed by atoms with Crippen LogP contribution in [0.3, 0.4) is 0 Å². The second-order valence-corrected chi connectivity index (χ2v) is 3.33. The lowest BCUT2D eigenvalue weighted by molar-refractivity contribution is -0.112. The van der Waals surface area contributed by atoms with Crippen LogP contribution in [0.25, 0.3) is 0 Å². The zero-order valence-corrected chi connectivity index (χ0v) is 6.68. The summed E-state index contributed by atoms with van der Waals surface area (Å²) in [7, 11) is 0. The van der Waals surface area contributed by atoms with Gasteiger partial charge in [-0.3, -0.25) is 0 Å². The van der Waals surface area contributed by atoms with E-state index in [-0.39, 0.29) is 0 Å². The van der Waals surface area contributed by atoms with Gasteiger partial charge in [0.25, 0.3) is 0 Å². The SMILES string of the molecule is CC[C@H]1CC[C@@H](C=O)CC1. The van der Waals surface area contributed by atoms with Crippen LogP contribution in [0.5, 0.6) is 0 Å². The summed E-state index contributed by atoms with van der Waals surface area (Å²) in [5, 5.41) is 0. The first-order chi connectivity index (χ1) is 4.86. The Morgan fingerprint density at radius 1 is 1.30 bits per heavy atom. The van der Waals surface area contributed by atoms with Crippen molar-refractivity contribution in [1.29, 1.82) is 0 Å². The molecular weight excluding hydrogens is 124 g/mol. The van der Waals surface area contributed by atoms with Crippen LogP contribution in [0, 0.1) is 11.8 Å². The minimum absolute atomic E-state index is 0.391. The van der Waals surface area contributed by atoms with Crippen LogP contribution >= 0.6 is 0 Å². The molecule has 0 radical (unpaired) electrons. The lowest BCUT2D eigenvalue weighted by atomic mass is 9.82. The van der Waals surface area contributed by atoms with E-state index >= 15 is 0 Å². The molecule has 1 fully saturated rings. The maximum atomic E-state index is 10.4. The topological polar surface area (TPSA) is 17.1 Å². The summed E-state index contributed by atoms with van der Waals surface area (Å²) in [5.74, 6) is 1.30. The van der Waals surface area contributed by atoms with Crippen LogP contribution in [0.2, 0.25) is 0 Å². The van der Waals surface area contributed by atoms with Gasteiger partial charge in [0.1, 0.15) is 6.29 Å². The van der Waals surface area contributed by atoms with Crippen LogP contribution in [0.1, 0.15) is 39.0 Å². The summed E-state index contributed by atoms with van der Waals surface area (Å²) in [6, 6.07) is 0. The van der Waals surface area contributed by atoms with Crippen LogP contribution in [0.15, 0.2) is 0 Å². The molecule has 0 heterocycles. The van der Waals surface area contributed by atoms with Gasteiger partial charge in [-0.05, 0) is 31.6 Å². The zero-order chi connectivity index (χ0) is 7.40. The van der Waals surface area contributed by atoms with Gasteiger partial charge in [-0.15, -0.1) is 0 Å². The highest BCUT2D eigenvalue weighted by Gasteiger charge is 2.18. The molecule has 0 N–H and O–H groups in total. The zero-order valence-electron chi connectivity index (χ0n) is 6.68. The maximum absolute atomic E-state index is 10.4. The fraction of sp³-hybridized carbons (Fsp3) is 0.889. The van der Waals surface area contributed by atoms with Gasteiger partial charge >= 0.3 is 0 Å². The van der Waals surface area contributed by atoms with E-state index in [4.69, 9.17) is 0 Å². The molecule has 0 aliphatic heterocycles. The molecule has 1 heteroatoms. The summed E-state index contributed by atoms with van der Waals surface area (Å²) < 4.78 is 0. The smallest absolute Gasteiger partial charge is 0.123 e. The largest absolute Gasteiger partial charge is 0.303 e. The van der Waals surface area contributed by atoms with Gasteiger partial charge in [0.15, 0.2) is 0 Å². The quantitative estimate of drug-likeness (QED) is 0.538. The molecule has 0 unspecified atom stereocenters. The molecule has 1 nitrogen and oxygen atoms in total. The number of aldehydes is 1. The Morgan fingerprint density at radius 2 is 1.90 bits per heavy atom. The number of hydrogen-bond acceptors (Lipinski definition) is 1. The van der Waals surface area contributed by atoms with Crippen molar-refractivity contribution >= 4 is 6.29 Å². The molecule has 0 atom stereocenters. The Morgan fingerprint density at radius 3 is 2.30 bits per heavy atom. The molecule has 1 aliphatic carbocycles. The molecule has 1 rings (SSSR count). The van der Waals surface area contributed by atoms with Crippen molar-refractivity contribution < 1.29 is 4.79 Å². The molecule has 0 aromatic carbocycles. The summed E-state index contributed by atoms with van der Waals surface area (Å²) in [5.41, 5.74) is 0. The van der Waals surface area contributed by atoms with Crippen molar-refractivity contribution in [1.82, 2.24) is 0 Å². The highest BCUT2D eigenvalue weighted by atomic mass is 16.1. The van der Waals surface area contributed by atoms with E-state index < -0.39 is 0 Å². The van der Waals surface area contributed by atoms with E-state index in [1.165, 1.54) is 19.3 Å². The third kappa shape index (κ3) is 1.83. The Hall–Kier alpha value is -0.330. The third-order valence-electron chi connectivity index (χ3n) is 2.66. The highest BCUT2D eigenvalue weighted by Crippen LogP contribution is 2.29. The van der Waals surface area contributed by atoms with Crippen molar-refractivity contribution in [3.05, 3.63) is 0 Å². The van der Waals surface area contributed by atoms with Gasteiger partial charge in [0.05, 0.1) is 0 Å². The molecule has 1 aliphatic rings. The lowest BCUT2D eigenvalue weighted by Crippen LogP contribution is -2.14. The minimum atomic E-state index is 0.391. The third-order valence-corrected chi connectivity index (χ3v) is 2.66. The first kappa shape index (κ1) is 7.77. The van der Waals surface area contributed by atoms with E-state index in [2.05, 4.69) is 6.92 Å². The molecular formula is C9H16O. The van der Waals surface area contributed by atoms with E-state index in [9.17, 15) is 4.79 Å². The molecule has 0 bridgehead atoms. The number of hydrogen-bond donors (Lipinski definition) is 0. The van der Waals surface area contributed by atoms with Crippen molar-refractivity contribution in [2.24, 2.45) is 11.8 Å². The van der Waals surface area contributed by atoms with Crippen molar-refractivity contribution in [2.45, 2.75) is 39.0 Å². The summed E-state index contributed by atoms with van der Waals surface area (Å²) in [4.78, 5) is 10.4. The molecule has 0 aromatic rings. The molecule has 0 amide bonds. The van der Waals surface area contributed by atoms with E-state index in [0.29, 0.717) is 5.92 Å². The lowest BCUT2D eigenvalue weighted by Gasteiger charge is -2.23. The van der Waals surface area contributed by atoms with Gasteiger partial charge in [-0.25, -0.2) is 0 Å². The normalized spacial score (nSPS) is 33.7. The molecule has 58 valence electrons. The number of carbonyl (C=O) groups is 1.